The number of aliphatic hydroxyl groups is 1. The van der Waals surface area contributed by atoms with Crippen molar-refractivity contribution in [2.75, 3.05) is 0 Å². The summed E-state index contributed by atoms with van der Waals surface area (Å²) >= 11 is 0. The van der Waals surface area contributed by atoms with Gasteiger partial charge in [0.2, 0.25) is 0 Å². The number of phenols is 1. The molecule has 5 rings (SSSR count). The Bertz CT molecular complexity index is 641. The highest BCUT2D eigenvalue weighted by Crippen LogP contribution is 2.77. The lowest BCUT2D eigenvalue weighted by Gasteiger charge is -2.56. The van der Waals surface area contributed by atoms with Crippen molar-refractivity contribution in [2.45, 2.75) is 69.8 Å². The van der Waals surface area contributed by atoms with Gasteiger partial charge in [-0.15, -0.1) is 0 Å². The molecule has 0 saturated heterocycles. The van der Waals surface area contributed by atoms with Crippen molar-refractivity contribution < 1.29 is 10.2 Å². The largest absolute Gasteiger partial charge is 0.508 e. The zero-order chi connectivity index (χ0) is 15.2. The molecule has 2 nitrogen and oxygen atoms in total. The van der Waals surface area contributed by atoms with E-state index in [4.69, 9.17) is 0 Å². The van der Waals surface area contributed by atoms with Crippen LogP contribution in [0.5, 0.6) is 5.75 Å². The minimum Gasteiger partial charge on any atom is -0.508 e. The molecular formula is C20H26O2. The average Bonchev–Trinajstić information content (AvgIpc) is 2.88. The number of phenolic OH excluding ortho intramolecular Hbond substituents is 1. The number of fused-ring (bicyclic) bond motifs is 3. The van der Waals surface area contributed by atoms with Crippen molar-refractivity contribution in [3.63, 3.8) is 0 Å². The van der Waals surface area contributed by atoms with Gasteiger partial charge in [-0.05, 0) is 91.9 Å². The Balaban J connectivity index is 1.62. The highest BCUT2D eigenvalue weighted by atomic mass is 16.3. The van der Waals surface area contributed by atoms with Crippen molar-refractivity contribution in [3.05, 3.63) is 29.3 Å². The van der Waals surface area contributed by atoms with Gasteiger partial charge in [0.05, 0.1) is 5.60 Å². The standard InChI is InChI=1S/C20H26O2/c1-18-7-6-16-15-4-3-14(21)12-13(15)2-5-17(16)19(18)8-10-20(18,22)11-9-19/h3-4,12,16-17,21-22H,2,5-11H2,1H3/t16-,17+,18+,19?,20?/m1/s1. The van der Waals surface area contributed by atoms with E-state index in [0.29, 0.717) is 17.1 Å². The molecule has 0 amide bonds. The van der Waals surface area contributed by atoms with E-state index in [1.165, 1.54) is 43.2 Å². The monoisotopic (exact) mass is 298 g/mol. The predicted octanol–water partition coefficient (Wildman–Crippen LogP) is 4.14. The van der Waals surface area contributed by atoms with Crippen molar-refractivity contribution in [3.8, 4) is 5.75 Å². The second-order valence-corrected chi connectivity index (χ2v) is 8.69. The molecule has 3 saturated carbocycles. The number of rotatable bonds is 0. The Morgan fingerprint density at radius 1 is 1.05 bits per heavy atom. The molecule has 4 aliphatic rings. The van der Waals surface area contributed by atoms with E-state index in [1.807, 2.05) is 12.1 Å². The van der Waals surface area contributed by atoms with Gasteiger partial charge in [0.25, 0.3) is 0 Å². The topological polar surface area (TPSA) is 40.5 Å². The third-order valence-electron chi connectivity index (χ3n) is 8.50. The summed E-state index contributed by atoms with van der Waals surface area (Å²) in [5, 5.41) is 21.0. The molecule has 0 aromatic heterocycles. The van der Waals surface area contributed by atoms with Gasteiger partial charge < -0.3 is 10.2 Å². The number of benzene rings is 1. The molecule has 1 aromatic rings. The molecule has 4 aliphatic carbocycles. The lowest BCUT2D eigenvalue weighted by Crippen LogP contribution is -2.51. The van der Waals surface area contributed by atoms with Crippen molar-refractivity contribution in [2.24, 2.45) is 16.7 Å². The van der Waals surface area contributed by atoms with Crippen LogP contribution in [-0.2, 0) is 6.42 Å². The van der Waals surface area contributed by atoms with Gasteiger partial charge >= 0.3 is 0 Å². The summed E-state index contributed by atoms with van der Waals surface area (Å²) in [7, 11) is 0. The summed E-state index contributed by atoms with van der Waals surface area (Å²) in [4.78, 5) is 0. The van der Waals surface area contributed by atoms with E-state index in [1.54, 1.807) is 0 Å². The van der Waals surface area contributed by atoms with Crippen LogP contribution in [0.2, 0.25) is 0 Å². The maximum atomic E-state index is 11.2. The van der Waals surface area contributed by atoms with Crippen LogP contribution in [0.25, 0.3) is 0 Å². The van der Waals surface area contributed by atoms with Crippen LogP contribution < -0.4 is 0 Å². The molecule has 2 N–H and O–H groups in total. The first-order valence-electron chi connectivity index (χ1n) is 9.03. The third kappa shape index (κ3) is 1.29. The van der Waals surface area contributed by atoms with Crippen LogP contribution in [0.1, 0.15) is 68.9 Å². The quantitative estimate of drug-likeness (QED) is 0.755. The van der Waals surface area contributed by atoms with Crippen molar-refractivity contribution >= 4 is 0 Å². The van der Waals surface area contributed by atoms with E-state index in [0.717, 1.165) is 25.2 Å². The SMILES string of the molecule is C[C@]12CC[C@@H]3c4ccc(O)cc4CC[C@@H]3C13CCC2(O)CC3. The molecule has 22 heavy (non-hydrogen) atoms. The maximum absolute atomic E-state index is 11.2. The minimum absolute atomic E-state index is 0.148. The molecule has 0 spiro atoms. The summed E-state index contributed by atoms with van der Waals surface area (Å²) in [5.41, 5.74) is 3.00. The molecule has 1 aromatic carbocycles. The Hall–Kier alpha value is -1.02. The fourth-order valence-corrected chi connectivity index (χ4v) is 7.30. The fourth-order valence-electron chi connectivity index (χ4n) is 7.30. The van der Waals surface area contributed by atoms with Crippen molar-refractivity contribution in [1.29, 1.82) is 0 Å². The summed E-state index contributed by atoms with van der Waals surface area (Å²) in [5.74, 6) is 1.80. The molecule has 2 bridgehead atoms. The molecule has 2 heteroatoms. The highest BCUT2D eigenvalue weighted by Gasteiger charge is 2.73. The second kappa shape index (κ2) is 3.90. The highest BCUT2D eigenvalue weighted by molar-refractivity contribution is 5.41. The van der Waals surface area contributed by atoms with Gasteiger partial charge in [-0.2, -0.15) is 0 Å². The smallest absolute Gasteiger partial charge is 0.115 e. The van der Waals surface area contributed by atoms with E-state index in [-0.39, 0.29) is 11.0 Å². The molecule has 0 radical (unpaired) electrons. The Kier molecular flexibility index (Phi) is 2.38. The van der Waals surface area contributed by atoms with E-state index < -0.39 is 0 Å². The van der Waals surface area contributed by atoms with E-state index in [2.05, 4.69) is 13.0 Å². The Labute approximate surface area is 132 Å². The van der Waals surface area contributed by atoms with Gasteiger partial charge in [-0.3, -0.25) is 0 Å². The maximum Gasteiger partial charge on any atom is 0.115 e. The Morgan fingerprint density at radius 3 is 2.59 bits per heavy atom. The number of aryl methyl sites for hydroxylation is 1. The first-order chi connectivity index (χ1) is 10.5. The first kappa shape index (κ1) is 13.4. The normalized spacial score (nSPS) is 48.6. The summed E-state index contributed by atoms with van der Waals surface area (Å²) in [6.45, 7) is 2.40. The number of hydrogen-bond acceptors (Lipinski definition) is 2. The van der Waals surface area contributed by atoms with Gasteiger partial charge in [0.15, 0.2) is 0 Å². The molecule has 118 valence electrons. The van der Waals surface area contributed by atoms with E-state index in [9.17, 15) is 10.2 Å². The summed E-state index contributed by atoms with van der Waals surface area (Å²) in [6, 6.07) is 6.03. The second-order valence-electron chi connectivity index (χ2n) is 8.69. The minimum atomic E-state index is -0.382. The Morgan fingerprint density at radius 2 is 1.82 bits per heavy atom. The molecule has 3 fully saturated rings. The summed E-state index contributed by atoms with van der Waals surface area (Å²) < 4.78 is 0. The predicted molar refractivity (Wildman–Crippen MR) is 85.9 cm³/mol. The lowest BCUT2D eigenvalue weighted by molar-refractivity contribution is -0.101. The zero-order valence-electron chi connectivity index (χ0n) is 13.4. The van der Waals surface area contributed by atoms with Crippen LogP contribution in [0.4, 0.5) is 0 Å². The summed E-state index contributed by atoms with van der Waals surface area (Å²) in [6.07, 6.45) is 9.23. The van der Waals surface area contributed by atoms with Crippen LogP contribution >= 0.6 is 0 Å². The lowest BCUT2D eigenvalue weighted by atomic mass is 9.48. The molecule has 0 unspecified atom stereocenters. The van der Waals surface area contributed by atoms with Gasteiger partial charge in [0, 0.05) is 5.41 Å². The van der Waals surface area contributed by atoms with Crippen LogP contribution in [0.15, 0.2) is 18.2 Å². The van der Waals surface area contributed by atoms with Gasteiger partial charge in [0.1, 0.15) is 5.75 Å². The first-order valence-corrected chi connectivity index (χ1v) is 9.03. The molecule has 0 heterocycles. The van der Waals surface area contributed by atoms with E-state index >= 15 is 0 Å². The third-order valence-corrected chi connectivity index (χ3v) is 8.50. The number of aromatic hydroxyl groups is 1. The molecular weight excluding hydrogens is 272 g/mol. The average molecular weight is 298 g/mol. The van der Waals surface area contributed by atoms with Crippen LogP contribution in [-0.4, -0.2) is 15.8 Å². The van der Waals surface area contributed by atoms with Gasteiger partial charge in [-0.25, -0.2) is 0 Å². The number of hydrogen-bond donors (Lipinski definition) is 2. The van der Waals surface area contributed by atoms with Crippen LogP contribution in [0.3, 0.4) is 0 Å². The fraction of sp³-hybridized carbons (Fsp3) is 0.700. The van der Waals surface area contributed by atoms with Crippen molar-refractivity contribution in [1.82, 2.24) is 0 Å². The molecule has 0 aliphatic heterocycles. The van der Waals surface area contributed by atoms with Gasteiger partial charge in [-0.1, -0.05) is 13.0 Å². The molecule has 3 atom stereocenters. The zero-order valence-corrected chi connectivity index (χ0v) is 13.4. The van der Waals surface area contributed by atoms with Crippen LogP contribution in [0, 0.1) is 16.7 Å².